The second kappa shape index (κ2) is 6.02. The van der Waals surface area contributed by atoms with Crippen LogP contribution in [-0.2, 0) is 4.79 Å². The van der Waals surface area contributed by atoms with E-state index in [2.05, 4.69) is 29.5 Å². The van der Waals surface area contributed by atoms with Crippen LogP contribution < -0.4 is 10.6 Å². The molecule has 0 aliphatic carbocycles. The molecule has 2 N–H and O–H groups in total. The smallest absolute Gasteiger partial charge is 0.224 e. The van der Waals surface area contributed by atoms with Crippen LogP contribution in [0, 0.1) is 5.92 Å². The lowest BCUT2D eigenvalue weighted by atomic mass is 9.82. The summed E-state index contributed by atoms with van der Waals surface area (Å²) >= 11 is 0. The van der Waals surface area contributed by atoms with E-state index in [1.54, 1.807) is 0 Å². The van der Waals surface area contributed by atoms with Crippen molar-refractivity contribution in [2.24, 2.45) is 5.92 Å². The van der Waals surface area contributed by atoms with Gasteiger partial charge in [-0.05, 0) is 59.0 Å². The summed E-state index contributed by atoms with van der Waals surface area (Å²) in [6.07, 6.45) is 8.44. The molecule has 114 valence electrons. The Kier molecular flexibility index (Phi) is 4.32. The van der Waals surface area contributed by atoms with Gasteiger partial charge in [-0.25, -0.2) is 0 Å². The lowest BCUT2D eigenvalue weighted by molar-refractivity contribution is -0.128. The molecule has 4 nitrogen and oxygen atoms in total. The van der Waals surface area contributed by atoms with Crippen molar-refractivity contribution in [3.05, 3.63) is 0 Å². The molecule has 4 unspecified atom stereocenters. The summed E-state index contributed by atoms with van der Waals surface area (Å²) in [5.74, 6) is 0.459. The average Bonchev–Trinajstić information content (AvgIpc) is 2.40. The molecule has 0 radical (unpaired) electrons. The van der Waals surface area contributed by atoms with Crippen molar-refractivity contribution in [2.75, 3.05) is 13.6 Å². The Bertz CT molecular complexity index is 346. The largest absolute Gasteiger partial charge is 0.353 e. The van der Waals surface area contributed by atoms with E-state index in [4.69, 9.17) is 0 Å². The first-order valence-corrected chi connectivity index (χ1v) is 8.41. The van der Waals surface area contributed by atoms with Crippen LogP contribution in [0.25, 0.3) is 0 Å². The summed E-state index contributed by atoms with van der Waals surface area (Å²) in [5, 5.41) is 6.79. The highest BCUT2D eigenvalue weighted by Gasteiger charge is 2.37. The zero-order valence-electron chi connectivity index (χ0n) is 12.9. The van der Waals surface area contributed by atoms with Crippen LogP contribution in [0.3, 0.4) is 0 Å². The van der Waals surface area contributed by atoms with Crippen LogP contribution in [0.1, 0.15) is 51.9 Å². The van der Waals surface area contributed by atoms with Gasteiger partial charge >= 0.3 is 0 Å². The number of rotatable bonds is 2. The number of piperidine rings is 3. The summed E-state index contributed by atoms with van der Waals surface area (Å²) < 4.78 is 0. The molecule has 3 saturated heterocycles. The second-order valence-corrected chi connectivity index (χ2v) is 7.07. The van der Waals surface area contributed by atoms with E-state index in [9.17, 15) is 4.79 Å². The van der Waals surface area contributed by atoms with Gasteiger partial charge in [0.25, 0.3) is 0 Å². The number of hydrogen-bond donors (Lipinski definition) is 2. The van der Waals surface area contributed by atoms with Crippen LogP contribution in [0.2, 0.25) is 0 Å². The minimum absolute atomic E-state index is 0.170. The number of nitrogens with zero attached hydrogens (tertiary/aromatic N) is 1. The summed E-state index contributed by atoms with van der Waals surface area (Å²) in [6.45, 7) is 3.20. The van der Waals surface area contributed by atoms with Crippen molar-refractivity contribution in [1.29, 1.82) is 0 Å². The van der Waals surface area contributed by atoms with Crippen molar-refractivity contribution in [3.63, 3.8) is 0 Å². The molecule has 0 aromatic rings. The predicted molar refractivity (Wildman–Crippen MR) is 80.5 cm³/mol. The molecule has 3 rings (SSSR count). The van der Waals surface area contributed by atoms with Gasteiger partial charge < -0.3 is 15.5 Å². The molecule has 0 aromatic carbocycles. The Morgan fingerprint density at radius 1 is 1.15 bits per heavy atom. The van der Waals surface area contributed by atoms with Gasteiger partial charge in [-0.2, -0.15) is 0 Å². The standard InChI is InChI=1S/C16H29N3O/c1-11-15(7-4-8-17-11)16(20)18-12-9-13-5-3-6-14(10-12)19(13)2/h11-15,17H,3-10H2,1-2H3,(H,18,20). The van der Waals surface area contributed by atoms with Gasteiger partial charge in [-0.15, -0.1) is 0 Å². The lowest BCUT2D eigenvalue weighted by Crippen LogP contribution is -2.57. The van der Waals surface area contributed by atoms with Crippen LogP contribution in [0.4, 0.5) is 0 Å². The third-order valence-electron chi connectivity index (χ3n) is 5.78. The number of amides is 1. The normalized spacial score (nSPS) is 42.2. The van der Waals surface area contributed by atoms with E-state index in [-0.39, 0.29) is 11.8 Å². The molecule has 1 amide bonds. The van der Waals surface area contributed by atoms with E-state index >= 15 is 0 Å². The lowest BCUT2D eigenvalue weighted by Gasteiger charge is -2.47. The van der Waals surface area contributed by atoms with Gasteiger partial charge in [0.1, 0.15) is 0 Å². The number of nitrogens with one attached hydrogen (secondary N) is 2. The Labute approximate surface area is 122 Å². The molecule has 0 spiro atoms. The molecular formula is C16H29N3O. The molecule has 4 heteroatoms. The molecular weight excluding hydrogens is 250 g/mol. The van der Waals surface area contributed by atoms with Crippen molar-refractivity contribution in [1.82, 2.24) is 15.5 Å². The van der Waals surface area contributed by atoms with Gasteiger partial charge in [0.15, 0.2) is 0 Å². The fourth-order valence-electron chi connectivity index (χ4n) is 4.44. The van der Waals surface area contributed by atoms with E-state index in [0.29, 0.717) is 24.2 Å². The fraction of sp³-hybridized carbons (Fsp3) is 0.938. The SMILES string of the molecule is CC1NCCCC1C(=O)NC1CC2CCCC(C1)N2C. The predicted octanol–water partition coefficient (Wildman–Crippen LogP) is 1.51. The molecule has 2 bridgehead atoms. The Morgan fingerprint density at radius 3 is 2.50 bits per heavy atom. The first-order valence-electron chi connectivity index (χ1n) is 8.41. The zero-order chi connectivity index (χ0) is 14.1. The Balaban J connectivity index is 1.56. The maximum Gasteiger partial charge on any atom is 0.224 e. The molecule has 0 saturated carbocycles. The minimum Gasteiger partial charge on any atom is -0.353 e. The monoisotopic (exact) mass is 279 g/mol. The number of fused-ring (bicyclic) bond motifs is 2. The quantitative estimate of drug-likeness (QED) is 0.805. The number of carbonyl (C=O) groups excluding carboxylic acids is 1. The van der Waals surface area contributed by atoms with Crippen molar-refractivity contribution in [2.45, 2.75) is 76.0 Å². The molecule has 20 heavy (non-hydrogen) atoms. The first kappa shape index (κ1) is 14.3. The van der Waals surface area contributed by atoms with Crippen LogP contribution in [-0.4, -0.2) is 48.6 Å². The van der Waals surface area contributed by atoms with E-state index < -0.39 is 0 Å². The Morgan fingerprint density at radius 2 is 1.85 bits per heavy atom. The number of carbonyl (C=O) groups is 1. The average molecular weight is 279 g/mol. The third kappa shape index (κ3) is 2.86. The fourth-order valence-corrected chi connectivity index (χ4v) is 4.44. The molecule has 3 fully saturated rings. The second-order valence-electron chi connectivity index (χ2n) is 7.07. The van der Waals surface area contributed by atoms with Gasteiger partial charge in [-0.1, -0.05) is 6.42 Å². The highest BCUT2D eigenvalue weighted by atomic mass is 16.2. The minimum atomic E-state index is 0.170. The van der Waals surface area contributed by atoms with E-state index in [1.165, 1.54) is 19.3 Å². The van der Waals surface area contributed by atoms with E-state index in [1.807, 2.05) is 0 Å². The molecule has 3 heterocycles. The maximum absolute atomic E-state index is 12.5. The Hall–Kier alpha value is -0.610. The van der Waals surface area contributed by atoms with Crippen LogP contribution in [0.15, 0.2) is 0 Å². The zero-order valence-corrected chi connectivity index (χ0v) is 12.9. The van der Waals surface area contributed by atoms with E-state index in [0.717, 1.165) is 32.2 Å². The topological polar surface area (TPSA) is 44.4 Å². The summed E-state index contributed by atoms with van der Waals surface area (Å²) in [4.78, 5) is 15.1. The van der Waals surface area contributed by atoms with Crippen molar-refractivity contribution >= 4 is 5.91 Å². The van der Waals surface area contributed by atoms with Gasteiger partial charge in [0.05, 0.1) is 5.92 Å². The third-order valence-corrected chi connectivity index (χ3v) is 5.78. The molecule has 0 aromatic heterocycles. The summed E-state index contributed by atoms with van der Waals surface area (Å²) in [6, 6.07) is 2.11. The molecule has 3 aliphatic rings. The first-order chi connectivity index (χ1) is 9.65. The highest BCUT2D eigenvalue weighted by Crippen LogP contribution is 2.32. The van der Waals surface area contributed by atoms with Crippen molar-refractivity contribution in [3.8, 4) is 0 Å². The number of hydrogen-bond acceptors (Lipinski definition) is 3. The summed E-state index contributed by atoms with van der Waals surface area (Å²) in [5.41, 5.74) is 0. The highest BCUT2D eigenvalue weighted by molar-refractivity contribution is 5.79. The van der Waals surface area contributed by atoms with Crippen LogP contribution in [0.5, 0.6) is 0 Å². The van der Waals surface area contributed by atoms with Crippen LogP contribution >= 0.6 is 0 Å². The van der Waals surface area contributed by atoms with Gasteiger partial charge in [0.2, 0.25) is 5.91 Å². The molecule has 4 atom stereocenters. The van der Waals surface area contributed by atoms with Gasteiger partial charge in [-0.3, -0.25) is 4.79 Å². The van der Waals surface area contributed by atoms with Gasteiger partial charge in [0, 0.05) is 24.2 Å². The summed E-state index contributed by atoms with van der Waals surface area (Å²) in [7, 11) is 2.26. The van der Waals surface area contributed by atoms with Crippen molar-refractivity contribution < 1.29 is 4.79 Å². The maximum atomic E-state index is 12.5. The molecule has 3 aliphatic heterocycles.